The van der Waals surface area contributed by atoms with E-state index in [1.807, 2.05) is 0 Å². The first-order valence-electron chi connectivity index (χ1n) is 11.2. The maximum absolute atomic E-state index is 13.4. The van der Waals surface area contributed by atoms with Crippen LogP contribution in [-0.2, 0) is 19.4 Å². The number of piperazine rings is 1. The zero-order chi connectivity index (χ0) is 23.6. The van der Waals surface area contributed by atoms with Crippen LogP contribution in [0.15, 0.2) is 47.4 Å². The van der Waals surface area contributed by atoms with Crippen molar-refractivity contribution in [2.24, 2.45) is 0 Å². The molecule has 2 N–H and O–H groups in total. The lowest BCUT2D eigenvalue weighted by atomic mass is 9.98. The van der Waals surface area contributed by atoms with Crippen LogP contribution in [0.25, 0.3) is 0 Å². The number of anilines is 2. The fraction of sp³-hybridized carbons (Fsp3) is 0.458. The number of ether oxygens (including phenoxy) is 1. The van der Waals surface area contributed by atoms with E-state index in [0.717, 1.165) is 31.9 Å². The van der Waals surface area contributed by atoms with Crippen molar-refractivity contribution in [3.05, 3.63) is 53.6 Å². The van der Waals surface area contributed by atoms with Crippen molar-refractivity contribution < 1.29 is 23.2 Å². The van der Waals surface area contributed by atoms with E-state index in [2.05, 4.69) is 41.8 Å². The van der Waals surface area contributed by atoms with Crippen molar-refractivity contribution in [3.8, 4) is 0 Å². The molecule has 0 atom stereocenters. The van der Waals surface area contributed by atoms with E-state index < -0.39 is 20.5 Å². The molecule has 178 valence electrons. The van der Waals surface area contributed by atoms with Gasteiger partial charge >= 0.3 is 0 Å². The number of sulfone groups is 1. The first kappa shape index (κ1) is 23.5. The lowest BCUT2D eigenvalue weighted by molar-refractivity contribution is -0.134. The van der Waals surface area contributed by atoms with Crippen molar-refractivity contribution in [1.82, 2.24) is 5.48 Å². The summed E-state index contributed by atoms with van der Waals surface area (Å²) in [6.07, 6.45) is 0.00767. The molecule has 1 amide bonds. The smallest absolute Gasteiger partial charge is 0.265 e. The number of rotatable bonds is 5. The Kier molecular flexibility index (Phi) is 6.65. The Hall–Kier alpha value is -2.62. The number of benzene rings is 2. The SMILES string of the molecule is Cc1ccc(N2CCN(c3ccc(S(=O)(=O)C4(C(=O)NO)CCOCC4)cc3)CC2)c(C)c1. The zero-order valence-corrected chi connectivity index (χ0v) is 19.9. The van der Waals surface area contributed by atoms with Crippen LogP contribution in [0.1, 0.15) is 24.0 Å². The van der Waals surface area contributed by atoms with Gasteiger partial charge in [-0.05, 0) is 62.6 Å². The van der Waals surface area contributed by atoms with Gasteiger partial charge in [0.25, 0.3) is 5.91 Å². The third-order valence-corrected chi connectivity index (χ3v) is 9.33. The number of hydroxylamine groups is 1. The summed E-state index contributed by atoms with van der Waals surface area (Å²) in [5.41, 5.74) is 6.28. The highest BCUT2D eigenvalue weighted by atomic mass is 32.2. The number of hydrogen-bond donors (Lipinski definition) is 2. The Labute approximate surface area is 195 Å². The quantitative estimate of drug-likeness (QED) is 0.508. The molecule has 0 aliphatic carbocycles. The van der Waals surface area contributed by atoms with E-state index in [-0.39, 0.29) is 31.0 Å². The second-order valence-corrected chi connectivity index (χ2v) is 11.1. The third kappa shape index (κ3) is 4.32. The molecule has 0 unspecified atom stereocenters. The van der Waals surface area contributed by atoms with E-state index in [1.54, 1.807) is 29.7 Å². The van der Waals surface area contributed by atoms with Crippen molar-refractivity contribution in [3.63, 3.8) is 0 Å². The molecular formula is C24H31N3O5S. The predicted octanol–water partition coefficient (Wildman–Crippen LogP) is 2.46. The summed E-state index contributed by atoms with van der Waals surface area (Å²) in [6.45, 7) is 7.94. The van der Waals surface area contributed by atoms with Gasteiger partial charge in [-0.25, -0.2) is 13.9 Å². The van der Waals surface area contributed by atoms with E-state index in [9.17, 15) is 18.4 Å². The topological polar surface area (TPSA) is 99.2 Å². The van der Waals surface area contributed by atoms with Crippen molar-refractivity contribution in [1.29, 1.82) is 0 Å². The van der Waals surface area contributed by atoms with Crippen LogP contribution in [0.5, 0.6) is 0 Å². The summed E-state index contributed by atoms with van der Waals surface area (Å²) in [4.78, 5) is 17.1. The fourth-order valence-corrected chi connectivity index (χ4v) is 6.79. The molecular weight excluding hydrogens is 442 g/mol. The molecule has 0 aromatic heterocycles. The molecule has 2 saturated heterocycles. The number of carbonyl (C=O) groups excluding carboxylic acids is 1. The number of hydrogen-bond acceptors (Lipinski definition) is 7. The molecule has 2 fully saturated rings. The molecule has 2 aromatic carbocycles. The normalized spacial score (nSPS) is 18.8. The summed E-state index contributed by atoms with van der Waals surface area (Å²) in [6, 6.07) is 13.2. The van der Waals surface area contributed by atoms with Crippen LogP contribution >= 0.6 is 0 Å². The predicted molar refractivity (Wildman–Crippen MR) is 127 cm³/mol. The van der Waals surface area contributed by atoms with Crippen molar-refractivity contribution >= 4 is 27.1 Å². The average molecular weight is 474 g/mol. The van der Waals surface area contributed by atoms with Gasteiger partial charge in [0.2, 0.25) is 0 Å². The number of carbonyl (C=O) groups is 1. The summed E-state index contributed by atoms with van der Waals surface area (Å²) in [5, 5.41) is 9.20. The Morgan fingerprint density at radius 3 is 2.15 bits per heavy atom. The lowest BCUT2D eigenvalue weighted by Crippen LogP contribution is -2.54. The number of aryl methyl sites for hydroxylation is 2. The van der Waals surface area contributed by atoms with Gasteiger partial charge in [-0.15, -0.1) is 0 Å². The summed E-state index contributed by atoms with van der Waals surface area (Å²) < 4.78 is 30.4. The average Bonchev–Trinajstić information content (AvgIpc) is 2.84. The van der Waals surface area contributed by atoms with Crippen LogP contribution in [0, 0.1) is 13.8 Å². The van der Waals surface area contributed by atoms with Gasteiger partial charge < -0.3 is 14.5 Å². The Morgan fingerprint density at radius 2 is 1.58 bits per heavy atom. The van der Waals surface area contributed by atoms with E-state index >= 15 is 0 Å². The van der Waals surface area contributed by atoms with Crippen LogP contribution in [0.3, 0.4) is 0 Å². The molecule has 0 spiro atoms. The molecule has 0 radical (unpaired) electrons. The van der Waals surface area contributed by atoms with Gasteiger partial charge in [-0.1, -0.05) is 17.7 Å². The molecule has 8 nitrogen and oxygen atoms in total. The van der Waals surface area contributed by atoms with Gasteiger partial charge in [0.15, 0.2) is 14.6 Å². The Morgan fingerprint density at radius 1 is 0.970 bits per heavy atom. The summed E-state index contributed by atoms with van der Waals surface area (Å²) in [5.74, 6) is -0.905. The highest BCUT2D eigenvalue weighted by molar-refractivity contribution is 7.93. The van der Waals surface area contributed by atoms with Crippen LogP contribution in [0.2, 0.25) is 0 Å². The number of nitrogens with one attached hydrogen (secondary N) is 1. The van der Waals surface area contributed by atoms with Gasteiger partial charge in [0, 0.05) is 50.8 Å². The molecule has 2 aliphatic rings. The van der Waals surface area contributed by atoms with E-state index in [1.165, 1.54) is 16.8 Å². The van der Waals surface area contributed by atoms with Crippen molar-refractivity contribution in [2.75, 3.05) is 49.2 Å². The summed E-state index contributed by atoms with van der Waals surface area (Å²) >= 11 is 0. The van der Waals surface area contributed by atoms with Gasteiger partial charge in [0.1, 0.15) is 0 Å². The largest absolute Gasteiger partial charge is 0.381 e. The highest BCUT2D eigenvalue weighted by Gasteiger charge is 2.52. The fourth-order valence-electron chi connectivity index (χ4n) is 4.85. The molecule has 2 aromatic rings. The second kappa shape index (κ2) is 9.32. The number of nitrogens with zero attached hydrogens (tertiary/aromatic N) is 2. The minimum atomic E-state index is -4.01. The maximum atomic E-state index is 13.4. The van der Waals surface area contributed by atoms with Crippen LogP contribution in [-0.4, -0.2) is 63.7 Å². The minimum Gasteiger partial charge on any atom is -0.381 e. The zero-order valence-electron chi connectivity index (χ0n) is 19.1. The monoisotopic (exact) mass is 473 g/mol. The van der Waals surface area contributed by atoms with Crippen LogP contribution in [0.4, 0.5) is 11.4 Å². The van der Waals surface area contributed by atoms with Gasteiger partial charge in [0.05, 0.1) is 4.90 Å². The molecule has 2 aliphatic heterocycles. The van der Waals surface area contributed by atoms with Gasteiger partial charge in [-0.3, -0.25) is 10.0 Å². The molecule has 33 heavy (non-hydrogen) atoms. The highest BCUT2D eigenvalue weighted by Crippen LogP contribution is 2.36. The molecule has 2 heterocycles. The first-order valence-corrected chi connectivity index (χ1v) is 12.7. The Bertz CT molecular complexity index is 1100. The second-order valence-electron chi connectivity index (χ2n) is 8.81. The molecule has 4 rings (SSSR count). The Balaban J connectivity index is 1.49. The van der Waals surface area contributed by atoms with Crippen LogP contribution < -0.4 is 15.3 Å². The van der Waals surface area contributed by atoms with Crippen molar-refractivity contribution in [2.45, 2.75) is 36.3 Å². The lowest BCUT2D eigenvalue weighted by Gasteiger charge is -2.38. The van der Waals surface area contributed by atoms with E-state index in [4.69, 9.17) is 4.74 Å². The van der Waals surface area contributed by atoms with Gasteiger partial charge in [-0.2, -0.15) is 0 Å². The van der Waals surface area contributed by atoms with E-state index in [0.29, 0.717) is 0 Å². The molecule has 0 bridgehead atoms. The summed E-state index contributed by atoms with van der Waals surface area (Å²) in [7, 11) is -4.01. The maximum Gasteiger partial charge on any atom is 0.265 e. The first-order chi connectivity index (χ1) is 15.8. The standard InChI is InChI=1S/C24H31N3O5S/c1-18-3-8-22(19(2)17-18)27-13-11-26(12-14-27)20-4-6-21(7-5-20)33(30,31)24(23(28)25-29)9-15-32-16-10-24/h3-8,17,29H,9-16H2,1-2H3,(H,25,28). The number of amides is 1. The molecule has 9 heteroatoms. The third-order valence-electron chi connectivity index (χ3n) is 6.82. The molecule has 0 saturated carbocycles. The minimum absolute atomic E-state index is 0.00383.